The molecule has 0 aliphatic carbocycles. The molecule has 0 aliphatic rings. The van der Waals surface area contributed by atoms with Gasteiger partial charge in [0.2, 0.25) is 0 Å². The SMILES string of the molecule is Cc1c(CO)cc(Cl)cc1SCc1ccccc1. The normalized spacial score (nSPS) is 10.6. The standard InChI is InChI=1S/C15H15ClOS/c1-11-13(9-17)7-14(16)8-15(11)18-10-12-5-3-2-4-6-12/h2-8,17H,9-10H2,1H3. The van der Waals surface area contributed by atoms with Gasteiger partial charge in [0.1, 0.15) is 0 Å². The summed E-state index contributed by atoms with van der Waals surface area (Å²) in [6.45, 7) is 2.06. The molecule has 0 radical (unpaired) electrons. The van der Waals surface area contributed by atoms with Crippen LogP contribution in [0.2, 0.25) is 5.02 Å². The first-order valence-corrected chi connectivity index (χ1v) is 7.13. The van der Waals surface area contributed by atoms with Crippen LogP contribution in [0.5, 0.6) is 0 Å². The first-order chi connectivity index (χ1) is 8.70. The minimum atomic E-state index is 0.0330. The van der Waals surface area contributed by atoms with Gasteiger partial charge in [0.25, 0.3) is 0 Å². The molecular formula is C15H15ClOS. The zero-order valence-electron chi connectivity index (χ0n) is 10.2. The fourth-order valence-electron chi connectivity index (χ4n) is 1.76. The van der Waals surface area contributed by atoms with E-state index in [9.17, 15) is 5.11 Å². The molecule has 2 rings (SSSR count). The fraction of sp³-hybridized carbons (Fsp3) is 0.200. The van der Waals surface area contributed by atoms with Crippen LogP contribution in [-0.2, 0) is 12.4 Å². The second kappa shape index (κ2) is 6.28. The van der Waals surface area contributed by atoms with Gasteiger partial charge >= 0.3 is 0 Å². The Morgan fingerprint density at radius 2 is 1.89 bits per heavy atom. The number of aliphatic hydroxyl groups is 1. The third-order valence-corrected chi connectivity index (χ3v) is 4.27. The lowest BCUT2D eigenvalue weighted by Crippen LogP contribution is -1.92. The fourth-order valence-corrected chi connectivity index (χ4v) is 3.14. The van der Waals surface area contributed by atoms with E-state index in [1.54, 1.807) is 11.8 Å². The Kier molecular flexibility index (Phi) is 4.70. The highest BCUT2D eigenvalue weighted by molar-refractivity contribution is 7.98. The molecule has 0 unspecified atom stereocenters. The minimum Gasteiger partial charge on any atom is -0.392 e. The maximum atomic E-state index is 9.28. The number of thioether (sulfide) groups is 1. The average molecular weight is 279 g/mol. The maximum absolute atomic E-state index is 9.28. The molecule has 2 aromatic carbocycles. The highest BCUT2D eigenvalue weighted by Crippen LogP contribution is 2.31. The van der Waals surface area contributed by atoms with Crippen molar-refractivity contribution in [2.75, 3.05) is 0 Å². The molecule has 2 aromatic rings. The summed E-state index contributed by atoms with van der Waals surface area (Å²) < 4.78 is 0. The molecule has 0 saturated heterocycles. The summed E-state index contributed by atoms with van der Waals surface area (Å²) in [5.41, 5.74) is 3.30. The summed E-state index contributed by atoms with van der Waals surface area (Å²) >= 11 is 7.81. The van der Waals surface area contributed by atoms with Gasteiger partial charge in [0, 0.05) is 15.7 Å². The van der Waals surface area contributed by atoms with Crippen LogP contribution in [0.25, 0.3) is 0 Å². The van der Waals surface area contributed by atoms with Crippen molar-refractivity contribution in [3.8, 4) is 0 Å². The first kappa shape index (κ1) is 13.5. The van der Waals surface area contributed by atoms with Crippen LogP contribution in [0.15, 0.2) is 47.4 Å². The first-order valence-electron chi connectivity index (χ1n) is 5.77. The summed E-state index contributed by atoms with van der Waals surface area (Å²) in [6, 6.07) is 14.1. The van der Waals surface area contributed by atoms with Gasteiger partial charge in [-0.05, 0) is 35.7 Å². The highest BCUT2D eigenvalue weighted by Gasteiger charge is 2.06. The van der Waals surface area contributed by atoms with Crippen molar-refractivity contribution >= 4 is 23.4 Å². The molecule has 0 bridgehead atoms. The van der Waals surface area contributed by atoms with E-state index in [0.717, 1.165) is 21.8 Å². The van der Waals surface area contributed by atoms with Gasteiger partial charge < -0.3 is 5.11 Å². The van der Waals surface area contributed by atoms with Crippen LogP contribution in [0.3, 0.4) is 0 Å². The molecule has 0 spiro atoms. The highest BCUT2D eigenvalue weighted by atomic mass is 35.5. The lowest BCUT2D eigenvalue weighted by Gasteiger charge is -2.10. The molecule has 0 aromatic heterocycles. The lowest BCUT2D eigenvalue weighted by molar-refractivity contribution is 0.280. The Bertz CT molecular complexity index is 526. The minimum absolute atomic E-state index is 0.0330. The Morgan fingerprint density at radius 3 is 2.56 bits per heavy atom. The molecule has 0 aliphatic heterocycles. The molecule has 0 atom stereocenters. The van der Waals surface area contributed by atoms with Crippen LogP contribution < -0.4 is 0 Å². The maximum Gasteiger partial charge on any atom is 0.0685 e. The van der Waals surface area contributed by atoms with E-state index in [2.05, 4.69) is 12.1 Å². The molecule has 1 N–H and O–H groups in total. The summed E-state index contributed by atoms with van der Waals surface area (Å²) in [4.78, 5) is 1.13. The van der Waals surface area contributed by atoms with Crippen LogP contribution in [-0.4, -0.2) is 5.11 Å². The topological polar surface area (TPSA) is 20.2 Å². The molecule has 1 nitrogen and oxygen atoms in total. The number of benzene rings is 2. The predicted molar refractivity (Wildman–Crippen MR) is 78.1 cm³/mol. The number of hydrogen-bond donors (Lipinski definition) is 1. The van der Waals surface area contributed by atoms with E-state index in [-0.39, 0.29) is 6.61 Å². The number of rotatable bonds is 4. The molecule has 3 heteroatoms. The molecule has 0 heterocycles. The number of hydrogen-bond acceptors (Lipinski definition) is 2. The summed E-state index contributed by atoms with van der Waals surface area (Å²) in [5, 5.41) is 9.97. The quantitative estimate of drug-likeness (QED) is 0.835. The third kappa shape index (κ3) is 3.29. The Morgan fingerprint density at radius 1 is 1.17 bits per heavy atom. The Labute approximate surface area is 117 Å². The van der Waals surface area contributed by atoms with Gasteiger partial charge in [-0.25, -0.2) is 0 Å². The largest absolute Gasteiger partial charge is 0.392 e. The van der Waals surface area contributed by atoms with E-state index in [4.69, 9.17) is 11.6 Å². The predicted octanol–water partition coefficient (Wildman–Crippen LogP) is 4.43. The smallest absolute Gasteiger partial charge is 0.0685 e. The summed E-state index contributed by atoms with van der Waals surface area (Å²) in [5.74, 6) is 0.910. The zero-order chi connectivity index (χ0) is 13.0. The van der Waals surface area contributed by atoms with Crippen molar-refractivity contribution in [3.63, 3.8) is 0 Å². The van der Waals surface area contributed by atoms with E-state index in [0.29, 0.717) is 5.02 Å². The average Bonchev–Trinajstić information content (AvgIpc) is 2.40. The van der Waals surface area contributed by atoms with Gasteiger partial charge in [0.05, 0.1) is 6.61 Å². The second-order valence-electron chi connectivity index (χ2n) is 4.12. The molecule has 0 saturated carbocycles. The second-order valence-corrected chi connectivity index (χ2v) is 5.57. The van der Waals surface area contributed by atoms with E-state index < -0.39 is 0 Å². The van der Waals surface area contributed by atoms with Gasteiger partial charge in [0.15, 0.2) is 0 Å². The van der Waals surface area contributed by atoms with Crippen molar-refractivity contribution in [3.05, 3.63) is 64.2 Å². The summed E-state index contributed by atoms with van der Waals surface area (Å²) in [6.07, 6.45) is 0. The molecular weight excluding hydrogens is 264 g/mol. The molecule has 0 fully saturated rings. The van der Waals surface area contributed by atoms with Crippen LogP contribution >= 0.6 is 23.4 Å². The van der Waals surface area contributed by atoms with Crippen LogP contribution in [0, 0.1) is 6.92 Å². The lowest BCUT2D eigenvalue weighted by atomic mass is 10.1. The summed E-state index contributed by atoms with van der Waals surface area (Å²) in [7, 11) is 0. The third-order valence-electron chi connectivity index (χ3n) is 2.84. The van der Waals surface area contributed by atoms with E-state index in [1.165, 1.54) is 5.56 Å². The van der Waals surface area contributed by atoms with Crippen molar-refractivity contribution in [2.24, 2.45) is 0 Å². The Balaban J connectivity index is 2.17. The van der Waals surface area contributed by atoms with Gasteiger partial charge in [-0.1, -0.05) is 41.9 Å². The molecule has 18 heavy (non-hydrogen) atoms. The van der Waals surface area contributed by atoms with Crippen LogP contribution in [0.4, 0.5) is 0 Å². The number of halogens is 1. The molecule has 0 amide bonds. The van der Waals surface area contributed by atoms with Gasteiger partial charge in [-0.3, -0.25) is 0 Å². The van der Waals surface area contributed by atoms with Gasteiger partial charge in [-0.15, -0.1) is 11.8 Å². The van der Waals surface area contributed by atoms with Gasteiger partial charge in [-0.2, -0.15) is 0 Å². The van der Waals surface area contributed by atoms with Crippen molar-refractivity contribution < 1.29 is 5.11 Å². The zero-order valence-corrected chi connectivity index (χ0v) is 11.8. The Hall–Kier alpha value is -0.960. The van der Waals surface area contributed by atoms with Crippen molar-refractivity contribution in [2.45, 2.75) is 24.2 Å². The van der Waals surface area contributed by atoms with E-state index in [1.807, 2.05) is 37.3 Å². The van der Waals surface area contributed by atoms with Crippen molar-refractivity contribution in [1.29, 1.82) is 0 Å². The number of aliphatic hydroxyl groups excluding tert-OH is 1. The van der Waals surface area contributed by atoms with Crippen molar-refractivity contribution in [1.82, 2.24) is 0 Å². The van der Waals surface area contributed by atoms with Crippen LogP contribution in [0.1, 0.15) is 16.7 Å². The van der Waals surface area contributed by atoms with E-state index >= 15 is 0 Å². The molecule has 94 valence electrons. The monoisotopic (exact) mass is 278 g/mol.